The van der Waals surface area contributed by atoms with Crippen LogP contribution in [0.4, 0.5) is 0 Å². The molecule has 6 heteroatoms. The standard InChI is InChI=1S/C16H15NO5/c1-21-14-5-9-3-4-17-8-11(16(19)20)13(18)7-12(17)10(9)6-15(14)22-2/h5-8H,3-4H2,1-2H3,(H,19,20). The van der Waals surface area contributed by atoms with Crippen LogP contribution in [0.2, 0.25) is 0 Å². The van der Waals surface area contributed by atoms with Crippen LogP contribution in [0, 0.1) is 0 Å². The highest BCUT2D eigenvalue weighted by Crippen LogP contribution is 2.37. The van der Waals surface area contributed by atoms with Gasteiger partial charge in [-0.25, -0.2) is 4.79 Å². The Balaban J connectivity index is 2.23. The Morgan fingerprint density at radius 2 is 1.86 bits per heavy atom. The van der Waals surface area contributed by atoms with Crippen molar-refractivity contribution >= 4 is 5.97 Å². The van der Waals surface area contributed by atoms with Gasteiger partial charge in [-0.3, -0.25) is 4.79 Å². The largest absolute Gasteiger partial charge is 0.493 e. The molecular formula is C16H15NO5. The Morgan fingerprint density at radius 3 is 2.50 bits per heavy atom. The number of nitrogens with zero attached hydrogens (tertiary/aromatic N) is 1. The fraction of sp³-hybridized carbons (Fsp3) is 0.250. The predicted octanol–water partition coefficient (Wildman–Crippen LogP) is 1.79. The number of hydrogen-bond donors (Lipinski definition) is 1. The molecule has 2 aromatic rings. The molecule has 1 aliphatic rings. The van der Waals surface area contributed by atoms with E-state index in [9.17, 15) is 9.59 Å². The summed E-state index contributed by atoms with van der Waals surface area (Å²) in [7, 11) is 3.12. The van der Waals surface area contributed by atoms with E-state index in [1.165, 1.54) is 12.3 Å². The minimum absolute atomic E-state index is 0.215. The topological polar surface area (TPSA) is 77.8 Å². The van der Waals surface area contributed by atoms with Crippen LogP contribution in [-0.2, 0) is 13.0 Å². The van der Waals surface area contributed by atoms with Crippen LogP contribution in [0.3, 0.4) is 0 Å². The van der Waals surface area contributed by atoms with Crippen LogP contribution in [0.5, 0.6) is 11.5 Å². The van der Waals surface area contributed by atoms with Gasteiger partial charge in [0.1, 0.15) is 5.56 Å². The van der Waals surface area contributed by atoms with Crippen molar-refractivity contribution < 1.29 is 19.4 Å². The van der Waals surface area contributed by atoms with Crippen LogP contribution in [0.1, 0.15) is 15.9 Å². The van der Waals surface area contributed by atoms with E-state index in [2.05, 4.69) is 0 Å². The molecule has 1 aromatic heterocycles. The summed E-state index contributed by atoms with van der Waals surface area (Å²) in [5, 5.41) is 9.06. The quantitative estimate of drug-likeness (QED) is 0.935. The first-order valence-corrected chi connectivity index (χ1v) is 6.78. The lowest BCUT2D eigenvalue weighted by Gasteiger charge is -2.24. The van der Waals surface area contributed by atoms with Gasteiger partial charge in [0.25, 0.3) is 0 Å². The van der Waals surface area contributed by atoms with Crippen molar-refractivity contribution in [2.45, 2.75) is 13.0 Å². The highest BCUT2D eigenvalue weighted by molar-refractivity contribution is 5.87. The van der Waals surface area contributed by atoms with Gasteiger partial charge in [-0.1, -0.05) is 0 Å². The molecule has 0 bridgehead atoms. The third-order valence-electron chi connectivity index (χ3n) is 3.87. The van der Waals surface area contributed by atoms with Gasteiger partial charge in [-0.2, -0.15) is 0 Å². The number of pyridine rings is 1. The molecule has 0 radical (unpaired) electrons. The Bertz CT molecular complexity index is 822. The van der Waals surface area contributed by atoms with Crippen LogP contribution in [0.25, 0.3) is 11.3 Å². The number of rotatable bonds is 3. The van der Waals surface area contributed by atoms with Crippen molar-refractivity contribution in [1.82, 2.24) is 4.57 Å². The maximum Gasteiger partial charge on any atom is 0.341 e. The maximum atomic E-state index is 12.0. The fourth-order valence-electron chi connectivity index (χ4n) is 2.76. The van der Waals surface area contributed by atoms with E-state index in [-0.39, 0.29) is 5.56 Å². The van der Waals surface area contributed by atoms with Crippen LogP contribution in [0.15, 0.2) is 29.2 Å². The predicted molar refractivity (Wildman–Crippen MR) is 79.9 cm³/mol. The van der Waals surface area contributed by atoms with Crippen molar-refractivity contribution in [3.8, 4) is 22.8 Å². The second kappa shape index (κ2) is 5.22. The molecule has 1 aromatic carbocycles. The van der Waals surface area contributed by atoms with E-state index in [0.29, 0.717) is 23.7 Å². The SMILES string of the molecule is COc1cc2c(cc1OC)-c1cc(=O)c(C(=O)O)cn1CC2. The van der Waals surface area contributed by atoms with Crippen molar-refractivity contribution in [2.75, 3.05) is 14.2 Å². The highest BCUT2D eigenvalue weighted by atomic mass is 16.5. The number of benzene rings is 1. The summed E-state index contributed by atoms with van der Waals surface area (Å²) in [4.78, 5) is 23.1. The molecule has 0 saturated carbocycles. The molecule has 0 spiro atoms. The smallest absolute Gasteiger partial charge is 0.341 e. The number of hydrogen-bond acceptors (Lipinski definition) is 4. The van der Waals surface area contributed by atoms with E-state index in [4.69, 9.17) is 14.6 Å². The number of carboxylic acid groups (broad SMARTS) is 1. The van der Waals surface area contributed by atoms with E-state index < -0.39 is 11.4 Å². The summed E-state index contributed by atoms with van der Waals surface area (Å²) < 4.78 is 12.4. The van der Waals surface area contributed by atoms with Gasteiger partial charge in [0.2, 0.25) is 0 Å². The zero-order valence-corrected chi connectivity index (χ0v) is 12.3. The molecule has 1 N–H and O–H groups in total. The summed E-state index contributed by atoms with van der Waals surface area (Å²) in [5.74, 6) is 0.00192. The molecule has 0 saturated heterocycles. The maximum absolute atomic E-state index is 12.0. The lowest BCUT2D eigenvalue weighted by molar-refractivity contribution is 0.0694. The van der Waals surface area contributed by atoms with Gasteiger partial charge < -0.3 is 19.1 Å². The van der Waals surface area contributed by atoms with E-state index in [0.717, 1.165) is 17.5 Å². The summed E-state index contributed by atoms with van der Waals surface area (Å²) in [6, 6.07) is 5.08. The van der Waals surface area contributed by atoms with Crippen molar-refractivity contribution in [3.05, 3.63) is 45.7 Å². The van der Waals surface area contributed by atoms with Gasteiger partial charge in [0.05, 0.1) is 19.9 Å². The third kappa shape index (κ3) is 2.13. The summed E-state index contributed by atoms with van der Waals surface area (Å²) in [6.45, 7) is 0.610. The second-order valence-corrected chi connectivity index (χ2v) is 5.05. The molecule has 0 atom stereocenters. The molecule has 22 heavy (non-hydrogen) atoms. The molecule has 0 amide bonds. The molecule has 0 unspecified atom stereocenters. The molecule has 114 valence electrons. The average Bonchev–Trinajstić information content (AvgIpc) is 2.52. The Morgan fingerprint density at radius 1 is 1.18 bits per heavy atom. The number of aryl methyl sites for hydroxylation is 2. The van der Waals surface area contributed by atoms with Gasteiger partial charge in [0.15, 0.2) is 16.9 Å². The summed E-state index contributed by atoms with van der Waals surface area (Å²) >= 11 is 0. The number of fused-ring (bicyclic) bond motifs is 3. The number of carbonyl (C=O) groups is 1. The normalized spacial score (nSPS) is 12.3. The van der Waals surface area contributed by atoms with Crippen LogP contribution >= 0.6 is 0 Å². The number of aromatic carboxylic acids is 1. The second-order valence-electron chi connectivity index (χ2n) is 5.05. The molecule has 1 aliphatic heterocycles. The monoisotopic (exact) mass is 301 g/mol. The number of ether oxygens (including phenoxy) is 2. The Kier molecular flexibility index (Phi) is 3.36. The molecule has 0 fully saturated rings. The minimum Gasteiger partial charge on any atom is -0.493 e. The van der Waals surface area contributed by atoms with Gasteiger partial charge in [-0.05, 0) is 24.1 Å². The van der Waals surface area contributed by atoms with Gasteiger partial charge in [0, 0.05) is 24.4 Å². The summed E-state index contributed by atoms with van der Waals surface area (Å²) in [5.41, 5.74) is 1.88. The van der Waals surface area contributed by atoms with Crippen LogP contribution < -0.4 is 14.9 Å². The lowest BCUT2D eigenvalue weighted by atomic mass is 9.96. The van der Waals surface area contributed by atoms with E-state index >= 15 is 0 Å². The Labute approximate surface area is 126 Å². The molecule has 3 rings (SSSR count). The highest BCUT2D eigenvalue weighted by Gasteiger charge is 2.21. The molecule has 6 nitrogen and oxygen atoms in total. The minimum atomic E-state index is -1.21. The average molecular weight is 301 g/mol. The number of methoxy groups -OCH3 is 2. The molecule has 2 heterocycles. The molecule has 0 aliphatic carbocycles. The zero-order valence-electron chi connectivity index (χ0n) is 12.3. The first-order valence-electron chi connectivity index (χ1n) is 6.78. The lowest BCUT2D eigenvalue weighted by Crippen LogP contribution is -2.21. The van der Waals surface area contributed by atoms with Gasteiger partial charge >= 0.3 is 5.97 Å². The van der Waals surface area contributed by atoms with Crippen molar-refractivity contribution in [3.63, 3.8) is 0 Å². The van der Waals surface area contributed by atoms with Crippen molar-refractivity contribution in [1.29, 1.82) is 0 Å². The first kappa shape index (κ1) is 14.2. The van der Waals surface area contributed by atoms with E-state index in [1.54, 1.807) is 18.8 Å². The summed E-state index contributed by atoms with van der Waals surface area (Å²) in [6.07, 6.45) is 2.13. The fourth-order valence-corrected chi connectivity index (χ4v) is 2.76. The van der Waals surface area contributed by atoms with E-state index in [1.807, 2.05) is 12.1 Å². The Hall–Kier alpha value is -2.76. The van der Waals surface area contributed by atoms with Crippen molar-refractivity contribution in [2.24, 2.45) is 0 Å². The number of carboxylic acids is 1. The van der Waals surface area contributed by atoms with Crippen LogP contribution in [-0.4, -0.2) is 29.9 Å². The molecular weight excluding hydrogens is 286 g/mol. The van der Waals surface area contributed by atoms with Gasteiger partial charge in [-0.15, -0.1) is 0 Å². The zero-order chi connectivity index (χ0) is 15.9. The third-order valence-corrected chi connectivity index (χ3v) is 3.87. The number of aromatic nitrogens is 1. The first-order chi connectivity index (χ1) is 10.5.